The molecule has 2 amide bonds. The average Bonchev–Trinajstić information content (AvgIpc) is 2.79. The number of hydrogen-bond acceptors (Lipinski definition) is 5. The second kappa shape index (κ2) is 9.22. The topological polar surface area (TPSA) is 88.1 Å². The zero-order chi connectivity index (χ0) is 21.8. The molecule has 0 spiro atoms. The first-order chi connectivity index (χ1) is 15.0. The molecule has 1 aromatic carbocycles. The Bertz CT molecular complexity index is 1090. The van der Waals surface area contributed by atoms with E-state index < -0.39 is 0 Å². The van der Waals surface area contributed by atoms with E-state index in [0.717, 1.165) is 18.4 Å². The van der Waals surface area contributed by atoms with Crippen LogP contribution in [0.3, 0.4) is 0 Å². The zero-order valence-corrected chi connectivity index (χ0v) is 17.8. The standard InChI is InChI=1S/C23H22ClN5O2/c1-15-13-19(27-21(26-15)16-7-9-18(24)10-8-16)23(31)29-12-4-5-17(14-29)22(30)28-20-6-2-3-11-25-20/h2-3,6-11,13,17H,4-5,12,14H2,1H3,(H,25,28,30). The van der Waals surface area contributed by atoms with Crippen LogP contribution < -0.4 is 5.32 Å². The monoisotopic (exact) mass is 435 g/mol. The van der Waals surface area contributed by atoms with Crippen molar-refractivity contribution >= 4 is 29.2 Å². The minimum absolute atomic E-state index is 0.128. The molecular weight excluding hydrogens is 414 g/mol. The van der Waals surface area contributed by atoms with E-state index in [1.165, 1.54) is 0 Å². The first-order valence-corrected chi connectivity index (χ1v) is 10.5. The summed E-state index contributed by atoms with van der Waals surface area (Å²) in [5.74, 6) is 0.364. The molecule has 1 saturated heterocycles. The lowest BCUT2D eigenvalue weighted by Gasteiger charge is -2.31. The number of nitrogens with one attached hydrogen (secondary N) is 1. The van der Waals surface area contributed by atoms with Crippen molar-refractivity contribution in [3.8, 4) is 11.4 Å². The molecule has 1 aliphatic rings. The maximum absolute atomic E-state index is 13.2. The highest BCUT2D eigenvalue weighted by Crippen LogP contribution is 2.22. The van der Waals surface area contributed by atoms with Crippen LogP contribution in [0.4, 0.5) is 5.82 Å². The number of anilines is 1. The molecule has 7 nitrogen and oxygen atoms in total. The third-order valence-electron chi connectivity index (χ3n) is 5.17. The molecule has 1 aliphatic heterocycles. The summed E-state index contributed by atoms with van der Waals surface area (Å²) in [4.78, 5) is 40.6. The Labute approximate surface area is 185 Å². The van der Waals surface area contributed by atoms with Crippen LogP contribution in [0.1, 0.15) is 29.0 Å². The Hall–Kier alpha value is -3.32. The third-order valence-corrected chi connectivity index (χ3v) is 5.42. The second-order valence-electron chi connectivity index (χ2n) is 7.52. The van der Waals surface area contributed by atoms with Gasteiger partial charge in [0.15, 0.2) is 5.82 Å². The molecule has 0 aliphatic carbocycles. The Morgan fingerprint density at radius 1 is 1.13 bits per heavy atom. The lowest BCUT2D eigenvalue weighted by molar-refractivity contribution is -0.121. The van der Waals surface area contributed by atoms with Crippen LogP contribution in [0.2, 0.25) is 5.02 Å². The highest BCUT2D eigenvalue weighted by molar-refractivity contribution is 6.30. The molecule has 4 rings (SSSR count). The quantitative estimate of drug-likeness (QED) is 0.669. The molecule has 0 bridgehead atoms. The van der Waals surface area contributed by atoms with Crippen LogP contribution >= 0.6 is 11.6 Å². The van der Waals surface area contributed by atoms with Crippen molar-refractivity contribution in [3.63, 3.8) is 0 Å². The molecule has 31 heavy (non-hydrogen) atoms. The van der Waals surface area contributed by atoms with Crippen LogP contribution in [0.25, 0.3) is 11.4 Å². The first-order valence-electron chi connectivity index (χ1n) is 10.1. The molecule has 1 N–H and O–H groups in total. The van der Waals surface area contributed by atoms with E-state index >= 15 is 0 Å². The average molecular weight is 436 g/mol. The second-order valence-corrected chi connectivity index (χ2v) is 7.96. The summed E-state index contributed by atoms with van der Waals surface area (Å²) in [5, 5.41) is 3.45. The molecule has 8 heteroatoms. The molecule has 3 heterocycles. The number of carbonyl (C=O) groups excluding carboxylic acids is 2. The van der Waals surface area contributed by atoms with Crippen molar-refractivity contribution in [1.29, 1.82) is 0 Å². The fourth-order valence-corrected chi connectivity index (χ4v) is 3.73. The normalized spacial score (nSPS) is 16.1. The predicted molar refractivity (Wildman–Crippen MR) is 119 cm³/mol. The summed E-state index contributed by atoms with van der Waals surface area (Å²) in [6, 6.07) is 14.2. The van der Waals surface area contributed by atoms with Crippen LogP contribution in [-0.4, -0.2) is 44.8 Å². The fourth-order valence-electron chi connectivity index (χ4n) is 3.61. The van der Waals surface area contributed by atoms with Crippen LogP contribution in [0.5, 0.6) is 0 Å². The van der Waals surface area contributed by atoms with E-state index in [2.05, 4.69) is 20.3 Å². The number of amides is 2. The summed E-state index contributed by atoms with van der Waals surface area (Å²) in [6.45, 7) is 2.76. The number of piperidine rings is 1. The highest BCUT2D eigenvalue weighted by Gasteiger charge is 2.30. The Morgan fingerprint density at radius 2 is 1.94 bits per heavy atom. The smallest absolute Gasteiger partial charge is 0.272 e. The molecule has 158 valence electrons. The molecule has 0 saturated carbocycles. The van der Waals surface area contributed by atoms with Gasteiger partial charge in [-0.05, 0) is 62.2 Å². The van der Waals surface area contributed by atoms with Gasteiger partial charge in [-0.3, -0.25) is 9.59 Å². The minimum atomic E-state index is -0.293. The Kier molecular flexibility index (Phi) is 6.23. The molecule has 0 radical (unpaired) electrons. The van der Waals surface area contributed by atoms with E-state index in [9.17, 15) is 9.59 Å². The number of nitrogens with zero attached hydrogens (tertiary/aromatic N) is 4. The number of halogens is 1. The van der Waals surface area contributed by atoms with E-state index in [1.54, 1.807) is 41.4 Å². The van der Waals surface area contributed by atoms with Crippen molar-refractivity contribution in [2.45, 2.75) is 19.8 Å². The lowest BCUT2D eigenvalue weighted by atomic mass is 9.96. The highest BCUT2D eigenvalue weighted by atomic mass is 35.5. The van der Waals surface area contributed by atoms with Gasteiger partial charge in [-0.1, -0.05) is 17.7 Å². The fraction of sp³-hybridized carbons (Fsp3) is 0.261. The molecule has 1 atom stereocenters. The number of aromatic nitrogens is 3. The molecular formula is C23H22ClN5O2. The molecule has 1 unspecified atom stereocenters. The van der Waals surface area contributed by atoms with E-state index in [1.807, 2.05) is 25.1 Å². The maximum Gasteiger partial charge on any atom is 0.272 e. The number of hydrogen-bond donors (Lipinski definition) is 1. The summed E-state index contributed by atoms with van der Waals surface area (Å²) in [6.07, 6.45) is 3.10. The summed E-state index contributed by atoms with van der Waals surface area (Å²) in [5.41, 5.74) is 1.81. The predicted octanol–water partition coefficient (Wildman–Crippen LogP) is 3.99. The van der Waals surface area contributed by atoms with Crippen molar-refractivity contribution in [2.24, 2.45) is 5.92 Å². The molecule has 1 fully saturated rings. The van der Waals surface area contributed by atoms with Gasteiger partial charge in [0.25, 0.3) is 5.91 Å². The van der Waals surface area contributed by atoms with Gasteiger partial charge in [0.05, 0.1) is 5.92 Å². The van der Waals surface area contributed by atoms with Crippen LogP contribution in [-0.2, 0) is 4.79 Å². The van der Waals surface area contributed by atoms with Gasteiger partial charge in [-0.25, -0.2) is 15.0 Å². The van der Waals surface area contributed by atoms with Crippen molar-refractivity contribution in [1.82, 2.24) is 19.9 Å². The SMILES string of the molecule is Cc1cc(C(=O)N2CCCC(C(=O)Nc3ccccn3)C2)nc(-c2ccc(Cl)cc2)n1. The van der Waals surface area contributed by atoms with Gasteiger partial charge in [0, 0.05) is 35.6 Å². The first kappa shape index (κ1) is 20.9. The molecule has 3 aromatic rings. The van der Waals surface area contributed by atoms with Gasteiger partial charge in [-0.15, -0.1) is 0 Å². The lowest BCUT2D eigenvalue weighted by Crippen LogP contribution is -2.44. The number of carbonyl (C=O) groups is 2. The number of rotatable bonds is 4. The van der Waals surface area contributed by atoms with Crippen molar-refractivity contribution in [2.75, 3.05) is 18.4 Å². The summed E-state index contributed by atoms with van der Waals surface area (Å²) < 4.78 is 0. The molecule has 2 aromatic heterocycles. The summed E-state index contributed by atoms with van der Waals surface area (Å²) >= 11 is 5.97. The van der Waals surface area contributed by atoms with Crippen LogP contribution in [0, 0.1) is 12.8 Å². The van der Waals surface area contributed by atoms with Crippen molar-refractivity contribution < 1.29 is 9.59 Å². The van der Waals surface area contributed by atoms with Gasteiger partial charge in [0.2, 0.25) is 5.91 Å². The maximum atomic E-state index is 13.2. The minimum Gasteiger partial charge on any atom is -0.337 e. The summed E-state index contributed by atoms with van der Waals surface area (Å²) in [7, 11) is 0. The number of aryl methyl sites for hydroxylation is 1. The Balaban J connectivity index is 1.50. The van der Waals surface area contributed by atoms with Gasteiger partial charge >= 0.3 is 0 Å². The third kappa shape index (κ3) is 5.06. The number of benzene rings is 1. The number of pyridine rings is 1. The van der Waals surface area contributed by atoms with E-state index in [-0.39, 0.29) is 17.7 Å². The van der Waals surface area contributed by atoms with Crippen LogP contribution in [0.15, 0.2) is 54.7 Å². The van der Waals surface area contributed by atoms with Gasteiger partial charge < -0.3 is 10.2 Å². The van der Waals surface area contributed by atoms with Gasteiger partial charge in [0.1, 0.15) is 11.5 Å². The number of likely N-dealkylation sites (tertiary alicyclic amines) is 1. The Morgan fingerprint density at radius 3 is 2.68 bits per heavy atom. The largest absolute Gasteiger partial charge is 0.337 e. The zero-order valence-electron chi connectivity index (χ0n) is 17.1. The van der Waals surface area contributed by atoms with E-state index in [4.69, 9.17) is 11.6 Å². The van der Waals surface area contributed by atoms with Crippen molar-refractivity contribution in [3.05, 3.63) is 71.1 Å². The van der Waals surface area contributed by atoms with Gasteiger partial charge in [-0.2, -0.15) is 0 Å². The van der Waals surface area contributed by atoms with E-state index in [0.29, 0.717) is 41.1 Å².